The van der Waals surface area contributed by atoms with E-state index in [1.54, 1.807) is 0 Å². The number of carbonyl (C=O) groups is 3. The molecule has 30 heavy (non-hydrogen) atoms. The smallest absolute Gasteiger partial charge is 0.266 e. The second kappa shape index (κ2) is 9.34. The summed E-state index contributed by atoms with van der Waals surface area (Å²) in [5.74, 6) is -1.78. The number of carbonyl (C=O) groups excluding carboxylic acids is 3. The summed E-state index contributed by atoms with van der Waals surface area (Å²) < 4.78 is 18.4. The molecule has 0 bridgehead atoms. The van der Waals surface area contributed by atoms with Gasteiger partial charge in [-0.3, -0.25) is 19.3 Å². The maximum absolute atomic E-state index is 13.2. The topological polar surface area (TPSA) is 79.0 Å². The summed E-state index contributed by atoms with van der Waals surface area (Å²) in [6, 6.07) is 9.56. The Kier molecular flexibility index (Phi) is 6.81. The molecule has 0 saturated carbocycles. The number of rotatable bonds is 5. The molecule has 0 radical (unpaired) electrons. The molecule has 2 aromatic rings. The zero-order valence-electron chi connectivity index (χ0n) is 16.1. The van der Waals surface area contributed by atoms with Gasteiger partial charge in [0.15, 0.2) is 0 Å². The van der Waals surface area contributed by atoms with Gasteiger partial charge in [0.05, 0.1) is 30.0 Å². The Bertz CT molecular complexity index is 961. The van der Waals surface area contributed by atoms with Crippen molar-refractivity contribution in [2.45, 2.75) is 0 Å². The first-order valence-corrected chi connectivity index (χ1v) is 9.41. The van der Waals surface area contributed by atoms with Crippen LogP contribution in [0, 0.1) is 5.82 Å². The van der Waals surface area contributed by atoms with Gasteiger partial charge < -0.3 is 10.1 Å². The number of benzene rings is 2. The number of hydrogen-bond donors (Lipinski definition) is 1. The van der Waals surface area contributed by atoms with Gasteiger partial charge in [0, 0.05) is 31.7 Å². The van der Waals surface area contributed by atoms with E-state index in [1.165, 1.54) is 42.5 Å². The van der Waals surface area contributed by atoms with Crippen LogP contribution in [0.4, 0.5) is 10.1 Å². The normalized spacial score (nSPS) is 16.2. The number of ether oxygens (including phenoxy) is 1. The van der Waals surface area contributed by atoms with Crippen molar-refractivity contribution >= 4 is 35.8 Å². The number of nitrogens with one attached hydrogen (secondary N) is 1. The average molecular weight is 434 g/mol. The summed E-state index contributed by atoms with van der Waals surface area (Å²) in [6.45, 7) is 4.26. The van der Waals surface area contributed by atoms with Crippen molar-refractivity contribution in [2.75, 3.05) is 44.3 Å². The number of imide groups is 1. The number of morpholine rings is 1. The lowest BCUT2D eigenvalue weighted by atomic mass is 10.1. The number of fused-ring (bicyclic) bond motifs is 1. The molecule has 0 unspecified atom stereocenters. The van der Waals surface area contributed by atoms with E-state index in [0.29, 0.717) is 25.3 Å². The lowest BCUT2D eigenvalue weighted by Crippen LogP contribution is -2.41. The van der Waals surface area contributed by atoms with E-state index >= 15 is 0 Å². The number of amides is 3. The SMILES string of the molecule is Cl.O=C(NCCN1CCOCC1)c1ccc2c(c1)C(=O)N(c1ccc(F)cc1)C2=O. The van der Waals surface area contributed by atoms with Crippen LogP contribution < -0.4 is 10.2 Å². The monoisotopic (exact) mass is 433 g/mol. The van der Waals surface area contributed by atoms with Gasteiger partial charge in [-0.1, -0.05) is 0 Å². The van der Waals surface area contributed by atoms with Crippen LogP contribution in [0.15, 0.2) is 42.5 Å². The zero-order valence-corrected chi connectivity index (χ0v) is 16.9. The molecule has 0 atom stereocenters. The molecule has 1 N–H and O–H groups in total. The summed E-state index contributed by atoms with van der Waals surface area (Å²) >= 11 is 0. The molecule has 0 aromatic heterocycles. The highest BCUT2D eigenvalue weighted by Crippen LogP contribution is 2.29. The molecule has 2 aliphatic rings. The first kappa shape index (κ1) is 21.9. The minimum absolute atomic E-state index is 0. The van der Waals surface area contributed by atoms with Crippen LogP contribution in [0.5, 0.6) is 0 Å². The molecule has 4 rings (SSSR count). The minimum atomic E-state index is -0.528. The second-order valence-corrected chi connectivity index (χ2v) is 6.89. The van der Waals surface area contributed by atoms with Gasteiger partial charge in [0.1, 0.15) is 5.82 Å². The zero-order chi connectivity index (χ0) is 20.4. The van der Waals surface area contributed by atoms with Crippen LogP contribution in [0.3, 0.4) is 0 Å². The molecule has 1 saturated heterocycles. The number of halogens is 2. The maximum atomic E-state index is 13.2. The average Bonchev–Trinajstić information content (AvgIpc) is 2.99. The molecule has 1 fully saturated rings. The van der Waals surface area contributed by atoms with Crippen LogP contribution >= 0.6 is 12.4 Å². The number of hydrogen-bond acceptors (Lipinski definition) is 5. The molecular weight excluding hydrogens is 413 g/mol. The fourth-order valence-electron chi connectivity index (χ4n) is 3.46. The van der Waals surface area contributed by atoms with Crippen molar-refractivity contribution in [2.24, 2.45) is 0 Å². The van der Waals surface area contributed by atoms with Crippen LogP contribution in [-0.4, -0.2) is 62.0 Å². The molecule has 0 aliphatic carbocycles. The first-order valence-electron chi connectivity index (χ1n) is 9.41. The largest absolute Gasteiger partial charge is 0.379 e. The van der Waals surface area contributed by atoms with Gasteiger partial charge in [-0.2, -0.15) is 0 Å². The van der Waals surface area contributed by atoms with E-state index < -0.39 is 17.6 Å². The summed E-state index contributed by atoms with van der Waals surface area (Å²) in [5.41, 5.74) is 0.992. The van der Waals surface area contributed by atoms with Crippen molar-refractivity contribution in [1.82, 2.24) is 10.2 Å². The Morgan fingerprint density at radius 2 is 1.67 bits per heavy atom. The van der Waals surface area contributed by atoms with Crippen molar-refractivity contribution < 1.29 is 23.5 Å². The Labute approximate surface area is 179 Å². The van der Waals surface area contributed by atoms with E-state index in [1.807, 2.05) is 0 Å². The van der Waals surface area contributed by atoms with Gasteiger partial charge in [0.25, 0.3) is 17.7 Å². The lowest BCUT2D eigenvalue weighted by molar-refractivity contribution is 0.0383. The van der Waals surface area contributed by atoms with Crippen LogP contribution in [0.2, 0.25) is 0 Å². The maximum Gasteiger partial charge on any atom is 0.266 e. The fourth-order valence-corrected chi connectivity index (χ4v) is 3.46. The molecule has 2 aromatic carbocycles. The summed E-state index contributed by atoms with van der Waals surface area (Å²) in [4.78, 5) is 41.0. The second-order valence-electron chi connectivity index (χ2n) is 6.89. The molecule has 7 nitrogen and oxygen atoms in total. The summed E-state index contributed by atoms with van der Waals surface area (Å²) in [5, 5.41) is 2.84. The third-order valence-corrected chi connectivity index (χ3v) is 5.05. The highest BCUT2D eigenvalue weighted by atomic mass is 35.5. The van der Waals surface area contributed by atoms with Crippen LogP contribution in [-0.2, 0) is 4.74 Å². The van der Waals surface area contributed by atoms with Crippen LogP contribution in [0.1, 0.15) is 31.1 Å². The Balaban J connectivity index is 0.00000256. The van der Waals surface area contributed by atoms with Gasteiger partial charge in [0.2, 0.25) is 0 Å². The summed E-state index contributed by atoms with van der Waals surface area (Å²) in [6.07, 6.45) is 0. The van der Waals surface area contributed by atoms with Gasteiger partial charge in [-0.05, 0) is 42.5 Å². The van der Waals surface area contributed by atoms with Gasteiger partial charge in [-0.25, -0.2) is 9.29 Å². The van der Waals surface area contributed by atoms with E-state index in [2.05, 4.69) is 10.2 Å². The summed E-state index contributed by atoms with van der Waals surface area (Å²) in [7, 11) is 0. The minimum Gasteiger partial charge on any atom is -0.379 e. The molecule has 2 heterocycles. The highest BCUT2D eigenvalue weighted by molar-refractivity contribution is 6.34. The van der Waals surface area contributed by atoms with Crippen molar-refractivity contribution in [3.63, 3.8) is 0 Å². The highest BCUT2D eigenvalue weighted by Gasteiger charge is 2.37. The Morgan fingerprint density at radius 3 is 2.37 bits per heavy atom. The molecule has 158 valence electrons. The third kappa shape index (κ3) is 4.35. The van der Waals surface area contributed by atoms with E-state index in [9.17, 15) is 18.8 Å². The van der Waals surface area contributed by atoms with Gasteiger partial charge >= 0.3 is 0 Å². The predicted octanol–water partition coefficient (Wildman–Crippen LogP) is 2.11. The molecule has 9 heteroatoms. The van der Waals surface area contributed by atoms with E-state index in [0.717, 1.165) is 24.5 Å². The lowest BCUT2D eigenvalue weighted by Gasteiger charge is -2.26. The number of nitrogens with zero attached hydrogens (tertiary/aromatic N) is 2. The van der Waals surface area contributed by atoms with E-state index in [-0.39, 0.29) is 35.1 Å². The van der Waals surface area contributed by atoms with Crippen molar-refractivity contribution in [3.8, 4) is 0 Å². The number of anilines is 1. The Hall–Kier alpha value is -2.81. The van der Waals surface area contributed by atoms with Gasteiger partial charge in [-0.15, -0.1) is 12.4 Å². The Morgan fingerprint density at radius 1 is 1.00 bits per heavy atom. The molecular formula is C21H21ClFN3O4. The molecule has 2 aliphatic heterocycles. The molecule has 3 amide bonds. The quantitative estimate of drug-likeness (QED) is 0.731. The van der Waals surface area contributed by atoms with Crippen LogP contribution in [0.25, 0.3) is 0 Å². The molecule has 0 spiro atoms. The standard InChI is InChI=1S/C21H20FN3O4.ClH/c22-15-2-4-16(5-3-15)25-20(27)17-6-1-14(13-18(17)21(25)28)19(26)23-7-8-24-9-11-29-12-10-24;/h1-6,13H,7-12H2,(H,23,26);1H. The predicted molar refractivity (Wildman–Crippen MR) is 111 cm³/mol. The van der Waals surface area contributed by atoms with Crippen molar-refractivity contribution in [1.29, 1.82) is 0 Å². The first-order chi connectivity index (χ1) is 14.0. The third-order valence-electron chi connectivity index (χ3n) is 5.05. The fraction of sp³-hybridized carbons (Fsp3) is 0.286. The van der Waals surface area contributed by atoms with Crippen molar-refractivity contribution in [3.05, 3.63) is 65.0 Å². The van der Waals surface area contributed by atoms with E-state index in [4.69, 9.17) is 4.74 Å².